The van der Waals surface area contributed by atoms with E-state index in [1.54, 1.807) is 0 Å². The highest BCUT2D eigenvalue weighted by atomic mass is 16.5. The summed E-state index contributed by atoms with van der Waals surface area (Å²) in [7, 11) is 1.41. The fourth-order valence-electron chi connectivity index (χ4n) is 2.24. The topological polar surface area (TPSA) is 55.4 Å². The molecule has 0 bridgehead atoms. The van der Waals surface area contributed by atoms with Crippen LogP contribution in [0.5, 0.6) is 0 Å². The zero-order valence-electron chi connectivity index (χ0n) is 11.8. The molecule has 1 rings (SSSR count). The van der Waals surface area contributed by atoms with Gasteiger partial charge in [0.1, 0.15) is 0 Å². The fourth-order valence-corrected chi connectivity index (χ4v) is 2.24. The highest BCUT2D eigenvalue weighted by Gasteiger charge is 2.17. The van der Waals surface area contributed by atoms with Gasteiger partial charge in [-0.3, -0.25) is 9.59 Å². The molecule has 1 amide bonds. The first-order valence-electron chi connectivity index (χ1n) is 7.23. The van der Waals surface area contributed by atoms with Gasteiger partial charge in [-0.1, -0.05) is 25.0 Å². The second-order valence-electron chi connectivity index (χ2n) is 5.01. The summed E-state index contributed by atoms with van der Waals surface area (Å²) in [6, 6.07) is 0. The van der Waals surface area contributed by atoms with Crippen LogP contribution in [0.15, 0.2) is 12.2 Å². The number of rotatable bonds is 8. The van der Waals surface area contributed by atoms with Crippen LogP contribution in [0.25, 0.3) is 0 Å². The molecule has 19 heavy (non-hydrogen) atoms. The highest BCUT2D eigenvalue weighted by molar-refractivity contribution is 5.78. The molecule has 1 unspecified atom stereocenters. The molecule has 0 aromatic rings. The third-order valence-electron chi connectivity index (χ3n) is 3.47. The van der Waals surface area contributed by atoms with Crippen LogP contribution in [0.4, 0.5) is 0 Å². The molecule has 0 saturated carbocycles. The number of nitrogens with one attached hydrogen (secondary N) is 1. The van der Waals surface area contributed by atoms with E-state index < -0.39 is 0 Å². The van der Waals surface area contributed by atoms with E-state index in [9.17, 15) is 9.59 Å². The number of unbranched alkanes of at least 4 members (excludes halogenated alkanes) is 3. The van der Waals surface area contributed by atoms with Crippen molar-refractivity contribution in [3.8, 4) is 0 Å². The number of amides is 1. The standard InChI is InChI=1S/C15H25NO3/c1-19-14(17)11-7-2-3-8-12-16-15(18)13-9-5-4-6-10-13/h4-5,13H,2-3,6-12H2,1H3,(H,16,18). The van der Waals surface area contributed by atoms with Gasteiger partial charge < -0.3 is 10.1 Å². The number of hydrogen-bond donors (Lipinski definition) is 1. The molecule has 4 heteroatoms. The molecule has 0 aromatic carbocycles. The minimum atomic E-state index is -0.140. The smallest absolute Gasteiger partial charge is 0.305 e. The number of ether oxygens (including phenoxy) is 1. The Morgan fingerprint density at radius 2 is 2.00 bits per heavy atom. The molecule has 1 atom stereocenters. The lowest BCUT2D eigenvalue weighted by atomic mass is 9.94. The third kappa shape index (κ3) is 6.99. The Balaban J connectivity index is 1.94. The molecule has 0 saturated heterocycles. The Bertz CT molecular complexity index is 313. The van der Waals surface area contributed by atoms with Crippen LogP contribution >= 0.6 is 0 Å². The first-order chi connectivity index (χ1) is 9.24. The molecular weight excluding hydrogens is 242 g/mol. The van der Waals surface area contributed by atoms with Crippen molar-refractivity contribution < 1.29 is 14.3 Å². The third-order valence-corrected chi connectivity index (χ3v) is 3.47. The van der Waals surface area contributed by atoms with Gasteiger partial charge in [0.2, 0.25) is 5.91 Å². The van der Waals surface area contributed by atoms with Gasteiger partial charge in [-0.05, 0) is 32.1 Å². The predicted molar refractivity (Wildman–Crippen MR) is 74.6 cm³/mol. The van der Waals surface area contributed by atoms with Gasteiger partial charge in [0.25, 0.3) is 0 Å². The Morgan fingerprint density at radius 3 is 2.68 bits per heavy atom. The summed E-state index contributed by atoms with van der Waals surface area (Å²) < 4.78 is 4.58. The lowest BCUT2D eigenvalue weighted by Gasteiger charge is -2.17. The molecule has 1 aliphatic rings. The van der Waals surface area contributed by atoms with Crippen molar-refractivity contribution in [2.75, 3.05) is 13.7 Å². The second kappa shape index (κ2) is 9.59. The van der Waals surface area contributed by atoms with E-state index in [2.05, 4.69) is 22.2 Å². The molecule has 0 heterocycles. The predicted octanol–water partition coefficient (Wildman–Crippen LogP) is 2.58. The first kappa shape index (κ1) is 15.7. The maximum absolute atomic E-state index is 11.8. The molecule has 0 spiro atoms. The van der Waals surface area contributed by atoms with E-state index in [4.69, 9.17) is 0 Å². The fraction of sp³-hybridized carbons (Fsp3) is 0.733. The normalized spacial score (nSPS) is 18.1. The Labute approximate surface area is 115 Å². The summed E-state index contributed by atoms with van der Waals surface area (Å²) in [6.45, 7) is 0.747. The minimum Gasteiger partial charge on any atom is -0.469 e. The first-order valence-corrected chi connectivity index (χ1v) is 7.23. The number of hydrogen-bond acceptors (Lipinski definition) is 3. The van der Waals surface area contributed by atoms with Crippen molar-refractivity contribution in [2.24, 2.45) is 5.92 Å². The lowest BCUT2D eigenvalue weighted by Crippen LogP contribution is -2.31. The summed E-state index contributed by atoms with van der Waals surface area (Å²) in [6.07, 6.45) is 11.5. The van der Waals surface area contributed by atoms with Crippen LogP contribution in [0.2, 0.25) is 0 Å². The van der Waals surface area contributed by atoms with Gasteiger partial charge in [-0.15, -0.1) is 0 Å². The van der Waals surface area contributed by atoms with Crippen molar-refractivity contribution in [2.45, 2.75) is 51.4 Å². The van der Waals surface area contributed by atoms with Gasteiger partial charge in [0, 0.05) is 18.9 Å². The molecule has 0 radical (unpaired) electrons. The Morgan fingerprint density at radius 1 is 1.21 bits per heavy atom. The molecule has 0 aliphatic heterocycles. The van der Waals surface area contributed by atoms with E-state index in [-0.39, 0.29) is 17.8 Å². The quantitative estimate of drug-likeness (QED) is 0.418. The monoisotopic (exact) mass is 267 g/mol. The molecule has 0 aromatic heterocycles. The molecule has 4 nitrogen and oxygen atoms in total. The Hall–Kier alpha value is -1.32. The maximum Gasteiger partial charge on any atom is 0.305 e. The van der Waals surface area contributed by atoms with Crippen LogP contribution in [0.3, 0.4) is 0 Å². The van der Waals surface area contributed by atoms with Crippen LogP contribution < -0.4 is 5.32 Å². The number of esters is 1. The van der Waals surface area contributed by atoms with Gasteiger partial charge in [-0.25, -0.2) is 0 Å². The van der Waals surface area contributed by atoms with E-state index in [0.29, 0.717) is 6.42 Å². The zero-order valence-corrected chi connectivity index (χ0v) is 11.8. The summed E-state index contributed by atoms with van der Waals surface area (Å²) >= 11 is 0. The van der Waals surface area contributed by atoms with Gasteiger partial charge in [-0.2, -0.15) is 0 Å². The molecule has 1 N–H and O–H groups in total. The van der Waals surface area contributed by atoms with Crippen molar-refractivity contribution in [1.29, 1.82) is 0 Å². The van der Waals surface area contributed by atoms with Gasteiger partial charge >= 0.3 is 5.97 Å². The zero-order chi connectivity index (χ0) is 13.9. The highest BCUT2D eigenvalue weighted by Crippen LogP contribution is 2.17. The largest absolute Gasteiger partial charge is 0.469 e. The van der Waals surface area contributed by atoms with E-state index >= 15 is 0 Å². The maximum atomic E-state index is 11.8. The lowest BCUT2D eigenvalue weighted by molar-refractivity contribution is -0.140. The van der Waals surface area contributed by atoms with Crippen LogP contribution in [0, 0.1) is 5.92 Å². The number of allylic oxidation sites excluding steroid dienone is 2. The summed E-state index contributed by atoms with van der Waals surface area (Å²) in [5.41, 5.74) is 0. The SMILES string of the molecule is COC(=O)CCCCCCNC(=O)C1CC=CCC1. The molecular formula is C15H25NO3. The summed E-state index contributed by atoms with van der Waals surface area (Å²) in [5, 5.41) is 3.00. The van der Waals surface area contributed by atoms with Crippen molar-refractivity contribution in [3.63, 3.8) is 0 Å². The Kier molecular flexibility index (Phi) is 7.94. The van der Waals surface area contributed by atoms with Crippen LogP contribution in [-0.2, 0) is 14.3 Å². The van der Waals surface area contributed by atoms with Gasteiger partial charge in [0.05, 0.1) is 7.11 Å². The van der Waals surface area contributed by atoms with E-state index in [0.717, 1.165) is 51.5 Å². The minimum absolute atomic E-state index is 0.140. The molecule has 1 aliphatic carbocycles. The number of carbonyl (C=O) groups is 2. The summed E-state index contributed by atoms with van der Waals surface area (Å²) in [5.74, 6) is 0.224. The molecule has 108 valence electrons. The second-order valence-corrected chi connectivity index (χ2v) is 5.01. The number of carbonyl (C=O) groups excluding carboxylic acids is 2. The van der Waals surface area contributed by atoms with Crippen LogP contribution in [-0.4, -0.2) is 25.5 Å². The van der Waals surface area contributed by atoms with Crippen molar-refractivity contribution in [1.82, 2.24) is 5.32 Å². The summed E-state index contributed by atoms with van der Waals surface area (Å²) in [4.78, 5) is 22.7. The average Bonchev–Trinajstić information content (AvgIpc) is 2.46. The van der Waals surface area contributed by atoms with E-state index in [1.165, 1.54) is 7.11 Å². The van der Waals surface area contributed by atoms with E-state index in [1.807, 2.05) is 0 Å². The van der Waals surface area contributed by atoms with Crippen LogP contribution in [0.1, 0.15) is 51.4 Å². The number of methoxy groups -OCH3 is 1. The average molecular weight is 267 g/mol. The van der Waals surface area contributed by atoms with Gasteiger partial charge in [0.15, 0.2) is 0 Å². The molecule has 0 fully saturated rings. The van der Waals surface area contributed by atoms with Crippen molar-refractivity contribution in [3.05, 3.63) is 12.2 Å². The van der Waals surface area contributed by atoms with Crippen molar-refractivity contribution >= 4 is 11.9 Å².